The molecule has 0 aliphatic carbocycles. The number of hydrogen-bond donors (Lipinski definition) is 0. The first-order valence-corrected chi connectivity index (χ1v) is 10.3. The minimum atomic E-state index is -2.98. The van der Waals surface area contributed by atoms with E-state index in [0.717, 1.165) is 5.56 Å². The molecule has 2 aromatic heterocycles. The third-order valence-corrected chi connectivity index (χ3v) is 5.31. The van der Waals surface area contributed by atoms with Crippen molar-refractivity contribution >= 4 is 34.2 Å². The van der Waals surface area contributed by atoms with Gasteiger partial charge in [-0.1, -0.05) is 54.4 Å². The predicted molar refractivity (Wildman–Crippen MR) is 118 cm³/mol. The van der Waals surface area contributed by atoms with E-state index in [4.69, 9.17) is 27.9 Å². The van der Waals surface area contributed by atoms with E-state index in [1.807, 2.05) is 24.3 Å². The number of benzene rings is 2. The van der Waals surface area contributed by atoms with Crippen molar-refractivity contribution < 1.29 is 13.5 Å². The number of alkyl halides is 2. The molecule has 2 aromatic carbocycles. The summed E-state index contributed by atoms with van der Waals surface area (Å²) in [5.74, 6) is -2.61. The Kier molecular flexibility index (Phi) is 5.81. The molecule has 9 heteroatoms. The fraction of sp³-hybridized carbons (Fsp3) is 0.227. The van der Waals surface area contributed by atoms with Gasteiger partial charge in [-0.2, -0.15) is 10.1 Å². The number of aryl methyl sites for hydroxylation is 1. The topological polar surface area (TPSA) is 52.8 Å². The molecule has 0 amide bonds. The number of aromatic nitrogens is 4. The van der Waals surface area contributed by atoms with Crippen LogP contribution in [-0.2, 0) is 0 Å². The van der Waals surface area contributed by atoms with Gasteiger partial charge in [-0.3, -0.25) is 0 Å². The van der Waals surface area contributed by atoms with Crippen molar-refractivity contribution in [3.63, 3.8) is 0 Å². The molecule has 0 aliphatic heterocycles. The van der Waals surface area contributed by atoms with Crippen LogP contribution in [0.15, 0.2) is 48.5 Å². The first-order valence-electron chi connectivity index (χ1n) is 9.58. The molecular formula is C22H18Cl2F2N4O. The smallest absolute Gasteiger partial charge is 0.281 e. The summed E-state index contributed by atoms with van der Waals surface area (Å²) in [7, 11) is 0. The molecular weight excluding hydrogens is 445 g/mol. The van der Waals surface area contributed by atoms with Gasteiger partial charge < -0.3 is 4.74 Å². The average molecular weight is 463 g/mol. The number of para-hydroxylation sites is 1. The molecule has 2 heterocycles. The maximum Gasteiger partial charge on any atom is 0.281 e. The molecule has 5 nitrogen and oxygen atoms in total. The largest absolute Gasteiger partial charge is 0.470 e. The minimum absolute atomic E-state index is 0.00311. The van der Waals surface area contributed by atoms with E-state index in [9.17, 15) is 8.78 Å². The van der Waals surface area contributed by atoms with Crippen LogP contribution in [0.4, 0.5) is 8.78 Å². The summed E-state index contributed by atoms with van der Waals surface area (Å²) in [5.41, 5.74) is 2.73. The molecule has 0 atom stereocenters. The molecule has 0 saturated carbocycles. The maximum atomic E-state index is 13.8. The van der Waals surface area contributed by atoms with Crippen molar-refractivity contribution in [1.82, 2.24) is 19.7 Å². The van der Waals surface area contributed by atoms with Crippen molar-refractivity contribution in [2.45, 2.75) is 26.2 Å². The van der Waals surface area contributed by atoms with Crippen LogP contribution < -0.4 is 4.74 Å². The van der Waals surface area contributed by atoms with Crippen LogP contribution in [0, 0.1) is 6.92 Å². The highest BCUT2D eigenvalue weighted by molar-refractivity contribution is 6.32. The molecule has 0 unspecified atom stereocenters. The van der Waals surface area contributed by atoms with Crippen LogP contribution in [-0.4, -0.2) is 32.3 Å². The monoisotopic (exact) mass is 462 g/mol. The molecule has 31 heavy (non-hydrogen) atoms. The Morgan fingerprint density at radius 3 is 2.39 bits per heavy atom. The van der Waals surface area contributed by atoms with E-state index < -0.39 is 12.5 Å². The maximum absolute atomic E-state index is 13.8. The average Bonchev–Trinajstić information content (AvgIpc) is 3.12. The zero-order valence-corrected chi connectivity index (χ0v) is 18.3. The molecule has 4 rings (SSSR count). The molecule has 0 saturated heterocycles. The summed E-state index contributed by atoms with van der Waals surface area (Å²) < 4.78 is 34.7. The van der Waals surface area contributed by atoms with Gasteiger partial charge in [0.15, 0.2) is 12.1 Å². The van der Waals surface area contributed by atoms with Gasteiger partial charge in [0, 0.05) is 17.0 Å². The Balaban J connectivity index is 1.97. The van der Waals surface area contributed by atoms with Crippen LogP contribution in [0.25, 0.3) is 28.0 Å². The Hall–Kier alpha value is -2.77. The number of fused-ring (bicyclic) bond motifs is 1. The van der Waals surface area contributed by atoms with Crippen LogP contribution in [0.5, 0.6) is 5.88 Å². The number of ether oxygens (including phenoxy) is 1. The van der Waals surface area contributed by atoms with Gasteiger partial charge in [-0.25, -0.2) is 18.4 Å². The SMILES string of the molecule is CCC(F)(F)COc1nc(C)nc2c(-c3ccc(Cl)cc3)n(-c3ccccc3Cl)nc12. The lowest BCUT2D eigenvalue weighted by molar-refractivity contribution is -0.0444. The third-order valence-electron chi connectivity index (χ3n) is 4.74. The number of hydrogen-bond acceptors (Lipinski definition) is 4. The molecule has 4 aromatic rings. The van der Waals surface area contributed by atoms with E-state index >= 15 is 0 Å². The van der Waals surface area contributed by atoms with Gasteiger partial charge in [0.1, 0.15) is 17.0 Å². The fourth-order valence-electron chi connectivity index (χ4n) is 3.09. The summed E-state index contributed by atoms with van der Waals surface area (Å²) >= 11 is 12.5. The van der Waals surface area contributed by atoms with Crippen molar-refractivity contribution in [3.8, 4) is 22.8 Å². The molecule has 0 N–H and O–H groups in total. The molecule has 0 fully saturated rings. The Labute approximate surface area is 187 Å². The first kappa shape index (κ1) is 21.5. The van der Waals surface area contributed by atoms with Gasteiger partial charge in [0.2, 0.25) is 5.88 Å². The van der Waals surface area contributed by atoms with Crippen LogP contribution in [0.1, 0.15) is 19.2 Å². The van der Waals surface area contributed by atoms with E-state index in [1.54, 1.807) is 35.9 Å². The Morgan fingerprint density at radius 2 is 1.71 bits per heavy atom. The molecule has 160 valence electrons. The lowest BCUT2D eigenvalue weighted by Gasteiger charge is -2.14. The minimum Gasteiger partial charge on any atom is -0.470 e. The molecule has 0 aliphatic rings. The summed E-state index contributed by atoms with van der Waals surface area (Å²) in [5, 5.41) is 5.66. The van der Waals surface area contributed by atoms with Crippen LogP contribution in [0.3, 0.4) is 0 Å². The van der Waals surface area contributed by atoms with Crippen LogP contribution in [0.2, 0.25) is 10.0 Å². The second-order valence-corrected chi connectivity index (χ2v) is 7.83. The van der Waals surface area contributed by atoms with E-state index in [1.165, 1.54) is 6.92 Å². The lowest BCUT2D eigenvalue weighted by Crippen LogP contribution is -2.24. The number of nitrogens with zero attached hydrogens (tertiary/aromatic N) is 4. The van der Waals surface area contributed by atoms with Crippen molar-refractivity contribution in [1.29, 1.82) is 0 Å². The summed E-state index contributed by atoms with van der Waals surface area (Å²) in [4.78, 5) is 8.76. The Morgan fingerprint density at radius 1 is 1.00 bits per heavy atom. The molecule has 0 bridgehead atoms. The van der Waals surface area contributed by atoms with E-state index in [2.05, 4.69) is 15.1 Å². The van der Waals surface area contributed by atoms with E-state index in [0.29, 0.717) is 32.8 Å². The van der Waals surface area contributed by atoms with Crippen molar-refractivity contribution in [3.05, 3.63) is 64.4 Å². The van der Waals surface area contributed by atoms with Crippen LogP contribution >= 0.6 is 23.2 Å². The van der Waals surface area contributed by atoms with Crippen molar-refractivity contribution in [2.75, 3.05) is 6.61 Å². The van der Waals surface area contributed by atoms with Gasteiger partial charge >= 0.3 is 0 Å². The quantitative estimate of drug-likeness (QED) is 0.327. The number of rotatable bonds is 6. The number of halogens is 4. The summed E-state index contributed by atoms with van der Waals surface area (Å²) in [6, 6.07) is 14.3. The first-order chi connectivity index (χ1) is 14.8. The highest BCUT2D eigenvalue weighted by Crippen LogP contribution is 2.36. The van der Waals surface area contributed by atoms with Gasteiger partial charge in [-0.05, 0) is 31.2 Å². The zero-order chi connectivity index (χ0) is 22.2. The highest BCUT2D eigenvalue weighted by Gasteiger charge is 2.29. The van der Waals surface area contributed by atoms with Crippen molar-refractivity contribution in [2.24, 2.45) is 0 Å². The molecule has 0 radical (unpaired) electrons. The normalized spacial score (nSPS) is 11.8. The standard InChI is InChI=1S/C22H18Cl2F2N4O/c1-3-22(25,26)12-31-21-19-18(27-13(2)28-21)20(14-8-10-15(23)11-9-14)30(29-19)17-7-5-4-6-16(17)24/h4-11H,3,12H2,1-2H3. The fourth-order valence-corrected chi connectivity index (χ4v) is 3.43. The Bertz CT molecular complexity index is 1240. The van der Waals surface area contributed by atoms with Gasteiger partial charge in [-0.15, -0.1) is 0 Å². The summed E-state index contributed by atoms with van der Waals surface area (Å²) in [6.45, 7) is 2.27. The second kappa shape index (κ2) is 8.40. The third kappa shape index (κ3) is 4.34. The second-order valence-electron chi connectivity index (χ2n) is 6.99. The highest BCUT2D eigenvalue weighted by atomic mass is 35.5. The van der Waals surface area contributed by atoms with Gasteiger partial charge in [0.05, 0.1) is 10.7 Å². The van der Waals surface area contributed by atoms with E-state index in [-0.39, 0.29) is 17.8 Å². The van der Waals surface area contributed by atoms with Gasteiger partial charge in [0.25, 0.3) is 5.92 Å². The lowest BCUT2D eigenvalue weighted by atomic mass is 10.1. The molecule has 0 spiro atoms. The zero-order valence-electron chi connectivity index (χ0n) is 16.7. The summed E-state index contributed by atoms with van der Waals surface area (Å²) in [6.07, 6.45) is -0.343. The predicted octanol–water partition coefficient (Wildman–Crippen LogP) is 6.52.